The standard InChI is InChI=1S/C11H11BrN2O.2C2H6/c1-14-11-7-8(12)4-5-9(11)10(13)3-2-6-15;2*1-2/h4-5,7,13-15H,6H2,1H3;2*1-2H3. The van der Waals surface area contributed by atoms with Crippen LogP contribution in [-0.2, 0) is 0 Å². The van der Waals surface area contributed by atoms with E-state index in [-0.39, 0.29) is 12.3 Å². The first-order valence-corrected chi connectivity index (χ1v) is 7.14. The smallest absolute Gasteiger partial charge is 0.113 e. The Morgan fingerprint density at radius 2 is 1.89 bits per heavy atom. The third kappa shape index (κ3) is 7.66. The second kappa shape index (κ2) is 13.1. The van der Waals surface area contributed by atoms with Gasteiger partial charge in [0.1, 0.15) is 12.3 Å². The van der Waals surface area contributed by atoms with E-state index >= 15 is 0 Å². The number of aliphatic hydroxyl groups excluding tert-OH is 1. The lowest BCUT2D eigenvalue weighted by molar-refractivity contribution is 0.350. The lowest BCUT2D eigenvalue weighted by atomic mass is 10.1. The van der Waals surface area contributed by atoms with Crippen LogP contribution in [0.2, 0.25) is 0 Å². The second-order valence-electron chi connectivity index (χ2n) is 2.77. The minimum Gasteiger partial charge on any atom is -0.388 e. The summed E-state index contributed by atoms with van der Waals surface area (Å²) in [7, 11) is 1.79. The summed E-state index contributed by atoms with van der Waals surface area (Å²) in [6.45, 7) is 7.77. The highest BCUT2D eigenvalue weighted by Crippen LogP contribution is 2.21. The van der Waals surface area contributed by atoms with Gasteiger partial charge in [0.05, 0.1) is 0 Å². The summed E-state index contributed by atoms with van der Waals surface area (Å²) in [6, 6.07) is 5.54. The van der Waals surface area contributed by atoms with Gasteiger partial charge in [0, 0.05) is 22.8 Å². The third-order valence-corrected chi connectivity index (χ3v) is 2.31. The predicted molar refractivity (Wildman–Crippen MR) is 88.1 cm³/mol. The van der Waals surface area contributed by atoms with Crippen LogP contribution >= 0.6 is 15.9 Å². The number of nitrogens with one attached hydrogen (secondary N) is 2. The molecule has 0 unspecified atom stereocenters. The monoisotopic (exact) mass is 326 g/mol. The molecule has 0 atom stereocenters. The summed E-state index contributed by atoms with van der Waals surface area (Å²) in [4.78, 5) is 0. The first-order valence-electron chi connectivity index (χ1n) is 6.35. The SMILES string of the molecule is CC.CC.CNc1cc(Br)ccc1C(=N)C#CCO. The molecule has 106 valence electrons. The Kier molecular flexibility index (Phi) is 13.8. The van der Waals surface area contributed by atoms with Gasteiger partial charge in [-0.2, -0.15) is 0 Å². The van der Waals surface area contributed by atoms with E-state index in [4.69, 9.17) is 10.5 Å². The molecule has 0 aromatic heterocycles. The van der Waals surface area contributed by atoms with Gasteiger partial charge in [-0.1, -0.05) is 49.5 Å². The van der Waals surface area contributed by atoms with Gasteiger partial charge in [0.25, 0.3) is 0 Å². The van der Waals surface area contributed by atoms with Crippen molar-refractivity contribution in [2.45, 2.75) is 27.7 Å². The van der Waals surface area contributed by atoms with Crippen molar-refractivity contribution in [3.63, 3.8) is 0 Å². The zero-order valence-corrected chi connectivity index (χ0v) is 13.9. The van der Waals surface area contributed by atoms with Crippen molar-refractivity contribution in [1.82, 2.24) is 0 Å². The van der Waals surface area contributed by atoms with E-state index in [1.54, 1.807) is 7.05 Å². The van der Waals surface area contributed by atoms with E-state index in [2.05, 4.69) is 33.1 Å². The fraction of sp³-hybridized carbons (Fsp3) is 0.400. The van der Waals surface area contributed by atoms with E-state index in [9.17, 15) is 0 Å². The summed E-state index contributed by atoms with van der Waals surface area (Å²) >= 11 is 3.35. The average molecular weight is 327 g/mol. The van der Waals surface area contributed by atoms with Crippen LogP contribution in [0.1, 0.15) is 33.3 Å². The molecular weight excluding hydrogens is 304 g/mol. The molecule has 0 fully saturated rings. The van der Waals surface area contributed by atoms with Crippen LogP contribution in [0.25, 0.3) is 0 Å². The molecule has 3 nitrogen and oxygen atoms in total. The molecular formula is C15H23BrN2O. The van der Waals surface area contributed by atoms with Crippen LogP contribution in [0.5, 0.6) is 0 Å². The minimum atomic E-state index is -0.228. The lowest BCUT2D eigenvalue weighted by Gasteiger charge is -2.07. The maximum atomic E-state index is 8.54. The Hall–Kier alpha value is -1.31. The fourth-order valence-corrected chi connectivity index (χ4v) is 1.50. The Balaban J connectivity index is 0. The van der Waals surface area contributed by atoms with Crippen molar-refractivity contribution in [3.8, 4) is 11.8 Å². The number of aliphatic hydroxyl groups is 1. The molecule has 19 heavy (non-hydrogen) atoms. The highest BCUT2D eigenvalue weighted by atomic mass is 79.9. The van der Waals surface area contributed by atoms with E-state index < -0.39 is 0 Å². The molecule has 3 N–H and O–H groups in total. The van der Waals surface area contributed by atoms with Crippen molar-refractivity contribution in [2.75, 3.05) is 19.0 Å². The Labute approximate surface area is 125 Å². The van der Waals surface area contributed by atoms with E-state index in [0.717, 1.165) is 15.7 Å². The molecule has 4 heteroatoms. The molecule has 0 saturated carbocycles. The number of hydrogen-bond donors (Lipinski definition) is 3. The summed E-state index contributed by atoms with van der Waals surface area (Å²) in [5.41, 5.74) is 1.75. The van der Waals surface area contributed by atoms with Crippen LogP contribution in [0.4, 0.5) is 5.69 Å². The highest BCUT2D eigenvalue weighted by Gasteiger charge is 2.04. The molecule has 0 spiro atoms. The van der Waals surface area contributed by atoms with Crippen LogP contribution < -0.4 is 5.32 Å². The van der Waals surface area contributed by atoms with Crippen molar-refractivity contribution in [3.05, 3.63) is 28.2 Å². The van der Waals surface area contributed by atoms with Gasteiger partial charge in [0.2, 0.25) is 0 Å². The van der Waals surface area contributed by atoms with Crippen molar-refractivity contribution < 1.29 is 5.11 Å². The van der Waals surface area contributed by atoms with Crippen molar-refractivity contribution >= 4 is 27.3 Å². The molecule has 0 radical (unpaired) electrons. The Morgan fingerprint density at radius 1 is 1.32 bits per heavy atom. The zero-order valence-electron chi connectivity index (χ0n) is 12.3. The number of anilines is 1. The van der Waals surface area contributed by atoms with Gasteiger partial charge in [-0.15, -0.1) is 0 Å². The van der Waals surface area contributed by atoms with E-state index in [0.29, 0.717) is 0 Å². The summed E-state index contributed by atoms with van der Waals surface area (Å²) in [6.07, 6.45) is 0. The van der Waals surface area contributed by atoms with Gasteiger partial charge < -0.3 is 10.4 Å². The van der Waals surface area contributed by atoms with E-state index in [1.807, 2.05) is 45.9 Å². The predicted octanol–water partition coefficient (Wildman–Crippen LogP) is 3.91. The first-order chi connectivity index (χ1) is 9.19. The molecule has 0 aliphatic rings. The topological polar surface area (TPSA) is 56.1 Å². The van der Waals surface area contributed by atoms with Gasteiger partial charge in [-0.25, -0.2) is 0 Å². The number of halogens is 1. The largest absolute Gasteiger partial charge is 0.388 e. The molecule has 1 aromatic rings. The number of hydrogen-bond acceptors (Lipinski definition) is 3. The molecule has 0 bridgehead atoms. The number of rotatable bonds is 2. The van der Waals surface area contributed by atoms with Crippen LogP contribution in [-0.4, -0.2) is 24.5 Å². The van der Waals surface area contributed by atoms with Gasteiger partial charge in [-0.05, 0) is 24.1 Å². The normalized spacial score (nSPS) is 7.74. The molecule has 1 aromatic carbocycles. The third-order valence-electron chi connectivity index (χ3n) is 1.81. The molecule has 0 heterocycles. The van der Waals surface area contributed by atoms with E-state index in [1.165, 1.54) is 0 Å². The second-order valence-corrected chi connectivity index (χ2v) is 3.69. The Morgan fingerprint density at radius 3 is 2.37 bits per heavy atom. The average Bonchev–Trinajstić information content (AvgIpc) is 2.48. The molecule has 0 aliphatic heterocycles. The molecule has 0 amide bonds. The van der Waals surface area contributed by atoms with Gasteiger partial charge in [0.15, 0.2) is 0 Å². The molecule has 0 aliphatic carbocycles. The number of benzene rings is 1. The highest BCUT2D eigenvalue weighted by molar-refractivity contribution is 9.10. The van der Waals surface area contributed by atoms with Crippen molar-refractivity contribution in [1.29, 1.82) is 5.41 Å². The van der Waals surface area contributed by atoms with Crippen LogP contribution in [0, 0.1) is 17.3 Å². The first kappa shape index (κ1) is 20.0. The van der Waals surface area contributed by atoms with Crippen LogP contribution in [0.3, 0.4) is 0 Å². The van der Waals surface area contributed by atoms with Crippen LogP contribution in [0.15, 0.2) is 22.7 Å². The summed E-state index contributed by atoms with van der Waals surface area (Å²) < 4.78 is 0.943. The zero-order chi connectivity index (χ0) is 15.3. The van der Waals surface area contributed by atoms with Crippen molar-refractivity contribution in [2.24, 2.45) is 0 Å². The molecule has 1 rings (SSSR count). The minimum absolute atomic E-state index is 0.195. The maximum absolute atomic E-state index is 8.54. The van der Waals surface area contributed by atoms with Gasteiger partial charge in [-0.3, -0.25) is 5.41 Å². The summed E-state index contributed by atoms with van der Waals surface area (Å²) in [5, 5.41) is 19.2. The van der Waals surface area contributed by atoms with Gasteiger partial charge >= 0.3 is 0 Å². The quantitative estimate of drug-likeness (QED) is 0.570. The maximum Gasteiger partial charge on any atom is 0.113 e. The Bertz CT molecular complexity index is 434. The lowest BCUT2D eigenvalue weighted by Crippen LogP contribution is -2.01. The fourth-order valence-electron chi connectivity index (χ4n) is 1.14. The molecule has 0 saturated heterocycles. The summed E-state index contributed by atoms with van der Waals surface area (Å²) in [5.74, 6) is 5.02.